The first-order chi connectivity index (χ1) is 6.13. The number of amides is 1. The normalized spacial score (nSPS) is 12.5. The summed E-state index contributed by atoms with van der Waals surface area (Å²) in [4.78, 5) is 11.3. The third-order valence-corrected chi connectivity index (χ3v) is 2.30. The van der Waals surface area contributed by atoms with Gasteiger partial charge < -0.3 is 9.73 Å². The van der Waals surface area contributed by atoms with Gasteiger partial charge in [-0.2, -0.15) is 0 Å². The second-order valence-electron chi connectivity index (χ2n) is 2.63. The molecule has 1 unspecified atom stereocenters. The summed E-state index contributed by atoms with van der Waals surface area (Å²) < 4.78 is 5.59. The van der Waals surface area contributed by atoms with Crippen molar-refractivity contribution >= 4 is 33.4 Å². The molecule has 0 aliphatic carbocycles. The standard InChI is InChI=1S/C8H9BrClNO2/c1-5(4-10)11-8(12)6-2-3-7(9)13-6/h2-3,5H,4H2,1H3,(H,11,12). The van der Waals surface area contributed by atoms with Crippen LogP contribution in [0, 0.1) is 0 Å². The molecule has 0 spiro atoms. The van der Waals surface area contributed by atoms with E-state index in [1.807, 2.05) is 6.92 Å². The van der Waals surface area contributed by atoms with E-state index in [9.17, 15) is 4.79 Å². The smallest absolute Gasteiger partial charge is 0.287 e. The predicted octanol–water partition coefficient (Wildman–Crippen LogP) is 2.40. The van der Waals surface area contributed by atoms with Crippen LogP contribution in [0.2, 0.25) is 0 Å². The SMILES string of the molecule is CC(CCl)NC(=O)c1ccc(Br)o1. The number of halogens is 2. The van der Waals surface area contributed by atoms with Crippen molar-refractivity contribution in [1.82, 2.24) is 5.32 Å². The minimum Gasteiger partial charge on any atom is -0.444 e. The Hall–Kier alpha value is -0.480. The Labute approximate surface area is 89.6 Å². The van der Waals surface area contributed by atoms with E-state index < -0.39 is 0 Å². The summed E-state index contributed by atoms with van der Waals surface area (Å²) in [5, 5.41) is 2.67. The molecule has 0 bridgehead atoms. The van der Waals surface area contributed by atoms with Gasteiger partial charge in [-0.05, 0) is 35.0 Å². The third kappa shape index (κ3) is 3.04. The summed E-state index contributed by atoms with van der Waals surface area (Å²) in [5.41, 5.74) is 0. The summed E-state index contributed by atoms with van der Waals surface area (Å²) >= 11 is 8.65. The van der Waals surface area contributed by atoms with Crippen molar-refractivity contribution in [3.05, 3.63) is 22.6 Å². The molecule has 1 atom stereocenters. The lowest BCUT2D eigenvalue weighted by atomic mass is 10.3. The number of alkyl halides is 1. The summed E-state index contributed by atoms with van der Waals surface area (Å²) in [6.45, 7) is 1.82. The van der Waals surface area contributed by atoms with Gasteiger partial charge in [0.05, 0.1) is 0 Å². The molecule has 0 aromatic carbocycles. The maximum absolute atomic E-state index is 11.3. The molecule has 0 saturated carbocycles. The molecular weight excluding hydrogens is 257 g/mol. The fourth-order valence-electron chi connectivity index (χ4n) is 0.770. The zero-order chi connectivity index (χ0) is 9.84. The van der Waals surface area contributed by atoms with E-state index in [-0.39, 0.29) is 17.7 Å². The van der Waals surface area contributed by atoms with Crippen molar-refractivity contribution in [3.63, 3.8) is 0 Å². The van der Waals surface area contributed by atoms with E-state index in [1.165, 1.54) is 0 Å². The average molecular weight is 267 g/mol. The minimum absolute atomic E-state index is 0.0574. The van der Waals surface area contributed by atoms with Gasteiger partial charge in [0.2, 0.25) is 0 Å². The highest BCUT2D eigenvalue weighted by atomic mass is 79.9. The Morgan fingerprint density at radius 3 is 2.92 bits per heavy atom. The summed E-state index contributed by atoms with van der Waals surface area (Å²) in [5.74, 6) is 0.413. The van der Waals surface area contributed by atoms with Crippen LogP contribution < -0.4 is 5.32 Å². The van der Waals surface area contributed by atoms with Crippen molar-refractivity contribution in [2.24, 2.45) is 0 Å². The van der Waals surface area contributed by atoms with Crippen LogP contribution >= 0.6 is 27.5 Å². The molecule has 1 N–H and O–H groups in total. The maximum Gasteiger partial charge on any atom is 0.287 e. The van der Waals surface area contributed by atoms with Crippen LogP contribution in [0.5, 0.6) is 0 Å². The Bertz CT molecular complexity index is 300. The van der Waals surface area contributed by atoms with E-state index >= 15 is 0 Å². The molecule has 0 aliphatic rings. The number of furan rings is 1. The Morgan fingerprint density at radius 1 is 1.77 bits per heavy atom. The zero-order valence-corrected chi connectivity index (χ0v) is 9.35. The largest absolute Gasteiger partial charge is 0.444 e. The van der Waals surface area contributed by atoms with Crippen molar-refractivity contribution in [1.29, 1.82) is 0 Å². The molecule has 0 fully saturated rings. The van der Waals surface area contributed by atoms with E-state index in [0.717, 1.165) is 0 Å². The fourth-order valence-corrected chi connectivity index (χ4v) is 1.15. The molecule has 1 aromatic heterocycles. The molecule has 1 heterocycles. The molecule has 3 nitrogen and oxygen atoms in total. The quantitative estimate of drug-likeness (QED) is 0.854. The van der Waals surface area contributed by atoms with Crippen molar-refractivity contribution in [3.8, 4) is 0 Å². The molecule has 1 aromatic rings. The van der Waals surface area contributed by atoms with Gasteiger partial charge in [-0.3, -0.25) is 4.79 Å². The molecule has 5 heteroatoms. The van der Waals surface area contributed by atoms with Gasteiger partial charge in [0.1, 0.15) is 0 Å². The van der Waals surface area contributed by atoms with Crippen molar-refractivity contribution in [2.45, 2.75) is 13.0 Å². The highest BCUT2D eigenvalue weighted by Gasteiger charge is 2.12. The van der Waals surface area contributed by atoms with Crippen LogP contribution in [0.3, 0.4) is 0 Å². The average Bonchev–Trinajstić information content (AvgIpc) is 2.51. The lowest BCUT2D eigenvalue weighted by Crippen LogP contribution is -2.33. The second-order valence-corrected chi connectivity index (χ2v) is 3.72. The van der Waals surface area contributed by atoms with Crippen LogP contribution in [0.25, 0.3) is 0 Å². The number of rotatable bonds is 3. The lowest BCUT2D eigenvalue weighted by Gasteiger charge is -2.07. The first-order valence-corrected chi connectivity index (χ1v) is 5.08. The summed E-state index contributed by atoms with van der Waals surface area (Å²) in [6.07, 6.45) is 0. The summed E-state index contributed by atoms with van der Waals surface area (Å²) in [6, 6.07) is 3.21. The van der Waals surface area contributed by atoms with Gasteiger partial charge in [-0.15, -0.1) is 11.6 Å². The van der Waals surface area contributed by atoms with Crippen LogP contribution in [0.15, 0.2) is 21.2 Å². The first kappa shape index (κ1) is 10.6. The molecular formula is C8H9BrClNO2. The molecule has 1 amide bonds. The fraction of sp³-hybridized carbons (Fsp3) is 0.375. The van der Waals surface area contributed by atoms with E-state index in [2.05, 4.69) is 21.2 Å². The monoisotopic (exact) mass is 265 g/mol. The van der Waals surface area contributed by atoms with Crippen molar-refractivity contribution < 1.29 is 9.21 Å². The van der Waals surface area contributed by atoms with Crippen LogP contribution in [-0.2, 0) is 0 Å². The van der Waals surface area contributed by atoms with Gasteiger partial charge in [0.25, 0.3) is 5.91 Å². The number of hydrogen-bond donors (Lipinski definition) is 1. The molecule has 1 rings (SSSR count). The number of carbonyl (C=O) groups is 1. The Morgan fingerprint density at radius 2 is 2.46 bits per heavy atom. The van der Waals surface area contributed by atoms with Gasteiger partial charge in [-0.25, -0.2) is 0 Å². The second kappa shape index (κ2) is 4.67. The molecule has 0 aliphatic heterocycles. The van der Waals surface area contributed by atoms with E-state index in [1.54, 1.807) is 12.1 Å². The van der Waals surface area contributed by atoms with E-state index in [4.69, 9.17) is 16.0 Å². The van der Waals surface area contributed by atoms with E-state index in [0.29, 0.717) is 10.5 Å². The first-order valence-electron chi connectivity index (χ1n) is 3.75. The van der Waals surface area contributed by atoms with Gasteiger partial charge in [0, 0.05) is 11.9 Å². The highest BCUT2D eigenvalue weighted by molar-refractivity contribution is 9.10. The molecule has 72 valence electrons. The lowest BCUT2D eigenvalue weighted by molar-refractivity contribution is 0.0914. The molecule has 13 heavy (non-hydrogen) atoms. The summed E-state index contributed by atoms with van der Waals surface area (Å²) in [7, 11) is 0. The molecule has 0 saturated heterocycles. The Kier molecular flexibility index (Phi) is 3.81. The maximum atomic E-state index is 11.3. The van der Waals surface area contributed by atoms with Crippen LogP contribution in [0.1, 0.15) is 17.5 Å². The molecule has 0 radical (unpaired) electrons. The Balaban J connectivity index is 2.58. The van der Waals surface area contributed by atoms with Crippen molar-refractivity contribution in [2.75, 3.05) is 5.88 Å². The number of carbonyl (C=O) groups excluding carboxylic acids is 1. The highest BCUT2D eigenvalue weighted by Crippen LogP contribution is 2.13. The minimum atomic E-state index is -0.251. The number of nitrogens with one attached hydrogen (secondary N) is 1. The predicted molar refractivity (Wildman–Crippen MR) is 54.1 cm³/mol. The van der Waals surface area contributed by atoms with Crippen LogP contribution in [-0.4, -0.2) is 17.8 Å². The zero-order valence-electron chi connectivity index (χ0n) is 7.01. The number of hydrogen-bond acceptors (Lipinski definition) is 2. The van der Waals surface area contributed by atoms with Gasteiger partial charge >= 0.3 is 0 Å². The third-order valence-electron chi connectivity index (χ3n) is 1.41. The van der Waals surface area contributed by atoms with Gasteiger partial charge in [-0.1, -0.05) is 0 Å². The van der Waals surface area contributed by atoms with Crippen LogP contribution in [0.4, 0.5) is 0 Å². The van der Waals surface area contributed by atoms with Gasteiger partial charge in [0.15, 0.2) is 10.4 Å². The topological polar surface area (TPSA) is 42.2 Å².